The Hall–Kier alpha value is -2.87. The van der Waals surface area contributed by atoms with Crippen molar-refractivity contribution in [2.24, 2.45) is 0 Å². The Morgan fingerprint density at radius 2 is 1.95 bits per heavy atom. The minimum Gasteiger partial charge on any atom is -0.486 e. The number of nitro benzene ring substituents is 1. The number of hydrogen-bond donors (Lipinski definition) is 0. The molecule has 0 radical (unpaired) electrons. The highest BCUT2D eigenvalue weighted by Crippen LogP contribution is 2.30. The Morgan fingerprint density at radius 3 is 2.57 bits per heavy atom. The van der Waals surface area contributed by atoms with Crippen LogP contribution < -0.4 is 4.74 Å². The molecule has 0 unspecified atom stereocenters. The van der Waals surface area contributed by atoms with Crippen molar-refractivity contribution in [3.63, 3.8) is 0 Å². The molecule has 0 N–H and O–H groups in total. The van der Waals surface area contributed by atoms with Gasteiger partial charge in [0.1, 0.15) is 0 Å². The largest absolute Gasteiger partial charge is 0.486 e. The zero-order chi connectivity index (χ0) is 15.2. The molecule has 0 aliphatic carbocycles. The lowest BCUT2D eigenvalue weighted by molar-refractivity contribution is -0.386. The smallest absolute Gasteiger partial charge is 0.313 e. The number of ether oxygens (including phenoxy) is 1. The van der Waals surface area contributed by atoms with Crippen LogP contribution in [0.15, 0.2) is 42.5 Å². The molecule has 5 heteroatoms. The molecule has 0 aliphatic heterocycles. The first kappa shape index (κ1) is 14.5. The van der Waals surface area contributed by atoms with E-state index >= 15 is 0 Å². The number of nitrogens with zero attached hydrogens (tertiary/aromatic N) is 2. The molecule has 0 bridgehead atoms. The molecule has 0 saturated heterocycles. The minimum atomic E-state index is -0.424. The third-order valence-electron chi connectivity index (χ3n) is 3.11. The SMILES string of the molecule is Cc1cccc(OCCc2ccc(C#N)cc2)c1[N+](=O)[O-]. The van der Waals surface area contributed by atoms with Gasteiger partial charge in [-0.3, -0.25) is 10.1 Å². The molecular formula is C16H14N2O3. The van der Waals surface area contributed by atoms with Gasteiger partial charge >= 0.3 is 5.69 Å². The number of benzene rings is 2. The Bertz CT molecular complexity index is 688. The molecule has 2 aromatic carbocycles. The van der Waals surface area contributed by atoms with E-state index in [2.05, 4.69) is 6.07 Å². The van der Waals surface area contributed by atoms with E-state index in [9.17, 15) is 10.1 Å². The molecular weight excluding hydrogens is 268 g/mol. The zero-order valence-corrected chi connectivity index (χ0v) is 11.6. The van der Waals surface area contributed by atoms with Crippen molar-refractivity contribution in [3.8, 4) is 11.8 Å². The molecule has 0 fully saturated rings. The van der Waals surface area contributed by atoms with Gasteiger partial charge in [0.15, 0.2) is 5.75 Å². The Balaban J connectivity index is 2.02. The van der Waals surface area contributed by atoms with Crippen molar-refractivity contribution >= 4 is 5.69 Å². The van der Waals surface area contributed by atoms with Gasteiger partial charge in [0, 0.05) is 12.0 Å². The molecule has 21 heavy (non-hydrogen) atoms. The summed E-state index contributed by atoms with van der Waals surface area (Å²) in [5.74, 6) is 0.286. The van der Waals surface area contributed by atoms with E-state index in [-0.39, 0.29) is 11.4 Å². The second kappa shape index (κ2) is 6.53. The van der Waals surface area contributed by atoms with Gasteiger partial charge in [0.25, 0.3) is 0 Å². The second-order valence-electron chi connectivity index (χ2n) is 4.59. The van der Waals surface area contributed by atoms with Crippen molar-refractivity contribution in [3.05, 3.63) is 69.3 Å². The summed E-state index contributed by atoms with van der Waals surface area (Å²) in [5, 5.41) is 19.8. The van der Waals surface area contributed by atoms with Crippen LogP contribution in [0.5, 0.6) is 5.75 Å². The summed E-state index contributed by atoms with van der Waals surface area (Å²) < 4.78 is 5.53. The lowest BCUT2D eigenvalue weighted by Gasteiger charge is -2.08. The summed E-state index contributed by atoms with van der Waals surface area (Å²) in [4.78, 5) is 10.6. The topological polar surface area (TPSA) is 76.2 Å². The fourth-order valence-electron chi connectivity index (χ4n) is 2.01. The van der Waals surface area contributed by atoms with Crippen molar-refractivity contribution in [2.45, 2.75) is 13.3 Å². The van der Waals surface area contributed by atoms with Crippen molar-refractivity contribution in [2.75, 3.05) is 6.61 Å². The molecule has 0 amide bonds. The average Bonchev–Trinajstić information content (AvgIpc) is 2.47. The predicted molar refractivity (Wildman–Crippen MR) is 78.2 cm³/mol. The molecule has 2 aromatic rings. The van der Waals surface area contributed by atoms with Crippen LogP contribution in [-0.4, -0.2) is 11.5 Å². The molecule has 0 aromatic heterocycles. The monoisotopic (exact) mass is 282 g/mol. The highest BCUT2D eigenvalue weighted by Gasteiger charge is 2.17. The summed E-state index contributed by atoms with van der Waals surface area (Å²) in [6.45, 7) is 2.03. The average molecular weight is 282 g/mol. The maximum Gasteiger partial charge on any atom is 0.313 e. The van der Waals surface area contributed by atoms with Crippen LogP contribution in [0.1, 0.15) is 16.7 Å². The number of aryl methyl sites for hydroxylation is 1. The van der Waals surface area contributed by atoms with Gasteiger partial charge in [-0.2, -0.15) is 5.26 Å². The molecule has 0 atom stereocenters. The first-order chi connectivity index (χ1) is 10.1. The van der Waals surface area contributed by atoms with E-state index in [1.165, 1.54) is 0 Å². The summed E-state index contributed by atoms with van der Waals surface area (Å²) in [6, 6.07) is 14.3. The fourth-order valence-corrected chi connectivity index (χ4v) is 2.01. The lowest BCUT2D eigenvalue weighted by atomic mass is 10.1. The van der Waals surface area contributed by atoms with Gasteiger partial charge in [-0.25, -0.2) is 0 Å². The van der Waals surface area contributed by atoms with Crippen LogP contribution in [0.3, 0.4) is 0 Å². The molecule has 0 saturated carbocycles. The summed E-state index contributed by atoms with van der Waals surface area (Å²) in [5.41, 5.74) is 2.21. The predicted octanol–water partition coefficient (Wildman–Crippen LogP) is 3.40. The van der Waals surface area contributed by atoms with Crippen molar-refractivity contribution in [1.29, 1.82) is 5.26 Å². The maximum atomic E-state index is 11.0. The highest BCUT2D eigenvalue weighted by molar-refractivity contribution is 5.52. The third-order valence-corrected chi connectivity index (χ3v) is 3.11. The second-order valence-corrected chi connectivity index (χ2v) is 4.59. The first-order valence-corrected chi connectivity index (χ1v) is 6.47. The summed E-state index contributed by atoms with van der Waals surface area (Å²) >= 11 is 0. The fraction of sp³-hybridized carbons (Fsp3) is 0.188. The van der Waals surface area contributed by atoms with E-state index in [0.717, 1.165) is 5.56 Å². The van der Waals surface area contributed by atoms with Crippen LogP contribution in [-0.2, 0) is 6.42 Å². The Morgan fingerprint density at radius 1 is 1.24 bits per heavy atom. The van der Waals surface area contributed by atoms with E-state index in [4.69, 9.17) is 10.00 Å². The third kappa shape index (κ3) is 3.57. The Labute approximate surface area is 122 Å². The van der Waals surface area contributed by atoms with Crippen LogP contribution in [0, 0.1) is 28.4 Å². The molecule has 2 rings (SSSR count). The normalized spacial score (nSPS) is 9.90. The van der Waals surface area contributed by atoms with Gasteiger partial charge < -0.3 is 4.74 Å². The van der Waals surface area contributed by atoms with Gasteiger partial charge in [-0.15, -0.1) is 0 Å². The van der Waals surface area contributed by atoms with Gasteiger partial charge in [-0.1, -0.05) is 24.3 Å². The molecule has 0 heterocycles. The van der Waals surface area contributed by atoms with Crippen LogP contribution in [0.25, 0.3) is 0 Å². The van der Waals surface area contributed by atoms with E-state index in [1.54, 1.807) is 37.3 Å². The van der Waals surface area contributed by atoms with Gasteiger partial charge in [-0.05, 0) is 30.7 Å². The quantitative estimate of drug-likeness (QED) is 0.622. The summed E-state index contributed by atoms with van der Waals surface area (Å²) in [7, 11) is 0. The maximum absolute atomic E-state index is 11.0. The molecule has 5 nitrogen and oxygen atoms in total. The van der Waals surface area contributed by atoms with Gasteiger partial charge in [0.2, 0.25) is 0 Å². The number of nitro groups is 1. The zero-order valence-electron chi connectivity index (χ0n) is 11.6. The molecule has 0 spiro atoms. The number of rotatable bonds is 5. The van der Waals surface area contributed by atoms with Gasteiger partial charge in [0.05, 0.1) is 23.2 Å². The summed E-state index contributed by atoms with van der Waals surface area (Å²) in [6.07, 6.45) is 0.622. The van der Waals surface area contributed by atoms with E-state index in [0.29, 0.717) is 24.2 Å². The van der Waals surface area contributed by atoms with Crippen LogP contribution in [0.4, 0.5) is 5.69 Å². The van der Waals surface area contributed by atoms with Crippen molar-refractivity contribution in [1.82, 2.24) is 0 Å². The highest BCUT2D eigenvalue weighted by atomic mass is 16.6. The first-order valence-electron chi connectivity index (χ1n) is 6.47. The number of hydrogen-bond acceptors (Lipinski definition) is 4. The van der Waals surface area contributed by atoms with Crippen LogP contribution in [0.2, 0.25) is 0 Å². The lowest BCUT2D eigenvalue weighted by Crippen LogP contribution is -2.04. The standard InChI is InChI=1S/C16H14N2O3/c1-12-3-2-4-15(16(12)18(19)20)21-10-9-13-5-7-14(11-17)8-6-13/h2-8H,9-10H2,1H3. The van der Waals surface area contributed by atoms with Crippen molar-refractivity contribution < 1.29 is 9.66 Å². The minimum absolute atomic E-state index is 0.0114. The number of nitriles is 1. The molecule has 106 valence electrons. The Kier molecular flexibility index (Phi) is 4.52. The van der Waals surface area contributed by atoms with E-state index in [1.807, 2.05) is 12.1 Å². The number of para-hydroxylation sites is 1. The van der Waals surface area contributed by atoms with Crippen LogP contribution >= 0.6 is 0 Å². The van der Waals surface area contributed by atoms with E-state index < -0.39 is 4.92 Å². The molecule has 0 aliphatic rings.